The van der Waals surface area contributed by atoms with Gasteiger partial charge in [-0.3, -0.25) is 4.79 Å². The number of rotatable bonds is 4. The van der Waals surface area contributed by atoms with Crippen LogP contribution in [0.5, 0.6) is 0 Å². The molecule has 1 amide bonds. The molecule has 0 atom stereocenters. The van der Waals surface area contributed by atoms with Crippen LogP contribution in [-0.2, 0) is 4.79 Å². The van der Waals surface area contributed by atoms with Gasteiger partial charge in [0.25, 0.3) is 0 Å². The van der Waals surface area contributed by atoms with Crippen molar-refractivity contribution in [2.75, 3.05) is 6.54 Å². The molecule has 1 aliphatic carbocycles. The predicted octanol–water partition coefficient (Wildman–Crippen LogP) is 1.03. The molecule has 3 heteroatoms. The third-order valence-electron chi connectivity index (χ3n) is 3.12. The van der Waals surface area contributed by atoms with Crippen LogP contribution < -0.4 is 11.1 Å². The lowest BCUT2D eigenvalue weighted by atomic mass is 9.89. The smallest absolute Gasteiger partial charge is 0.226 e. The zero-order valence-corrected chi connectivity index (χ0v) is 8.81. The molecule has 1 saturated carbocycles. The van der Waals surface area contributed by atoms with Gasteiger partial charge >= 0.3 is 0 Å². The Morgan fingerprint density at radius 1 is 1.54 bits per heavy atom. The molecule has 0 aromatic rings. The van der Waals surface area contributed by atoms with Crippen molar-refractivity contribution in [3.8, 4) is 0 Å². The number of hydrogen-bond acceptors (Lipinski definition) is 2. The van der Waals surface area contributed by atoms with Crippen LogP contribution in [0.3, 0.4) is 0 Å². The summed E-state index contributed by atoms with van der Waals surface area (Å²) in [7, 11) is 0. The Bertz CT molecular complexity index is 207. The highest BCUT2D eigenvalue weighted by Gasteiger charge is 2.44. The van der Waals surface area contributed by atoms with Gasteiger partial charge in [0.1, 0.15) is 0 Å². The normalized spacial score (nSPS) is 19.7. The van der Waals surface area contributed by atoms with Crippen molar-refractivity contribution in [2.24, 2.45) is 11.1 Å². The van der Waals surface area contributed by atoms with Crippen molar-refractivity contribution in [3.63, 3.8) is 0 Å². The van der Waals surface area contributed by atoms with Crippen LogP contribution in [0.25, 0.3) is 0 Å². The monoisotopic (exact) mass is 184 g/mol. The zero-order valence-electron chi connectivity index (χ0n) is 8.81. The summed E-state index contributed by atoms with van der Waals surface area (Å²) in [5.74, 6) is 0.137. The fourth-order valence-corrected chi connectivity index (χ4v) is 1.10. The molecule has 1 aliphatic rings. The summed E-state index contributed by atoms with van der Waals surface area (Å²) in [5.41, 5.74) is 5.28. The highest BCUT2D eigenvalue weighted by molar-refractivity contribution is 5.82. The standard InChI is InChI=1S/C10H20N2O/c1-4-9(2,3)8(13)12-10(7-11)5-6-10/h4-7,11H2,1-3H3,(H,12,13). The van der Waals surface area contributed by atoms with E-state index in [1.807, 2.05) is 20.8 Å². The average Bonchev–Trinajstić information content (AvgIpc) is 2.85. The van der Waals surface area contributed by atoms with Gasteiger partial charge in [0, 0.05) is 12.0 Å². The van der Waals surface area contributed by atoms with E-state index in [9.17, 15) is 4.79 Å². The van der Waals surface area contributed by atoms with Crippen LogP contribution in [0.15, 0.2) is 0 Å². The number of carbonyl (C=O) groups is 1. The fourth-order valence-electron chi connectivity index (χ4n) is 1.10. The molecule has 1 rings (SSSR count). The molecule has 0 unspecified atom stereocenters. The van der Waals surface area contributed by atoms with Crippen molar-refractivity contribution < 1.29 is 4.79 Å². The maximum absolute atomic E-state index is 11.7. The molecule has 13 heavy (non-hydrogen) atoms. The summed E-state index contributed by atoms with van der Waals surface area (Å²) in [6, 6.07) is 0. The third-order valence-corrected chi connectivity index (χ3v) is 3.12. The highest BCUT2D eigenvalue weighted by atomic mass is 16.2. The summed E-state index contributed by atoms with van der Waals surface area (Å²) in [5, 5.41) is 3.04. The van der Waals surface area contributed by atoms with Crippen LogP contribution in [0.2, 0.25) is 0 Å². The minimum Gasteiger partial charge on any atom is -0.349 e. The van der Waals surface area contributed by atoms with Gasteiger partial charge in [-0.05, 0) is 19.3 Å². The molecule has 0 aromatic heterocycles. The van der Waals surface area contributed by atoms with Crippen molar-refractivity contribution in [1.82, 2.24) is 5.32 Å². The molecular formula is C10H20N2O. The van der Waals surface area contributed by atoms with Crippen LogP contribution in [0.1, 0.15) is 40.0 Å². The van der Waals surface area contributed by atoms with Gasteiger partial charge in [0.2, 0.25) is 5.91 Å². The second-order valence-electron chi connectivity index (χ2n) is 4.68. The highest BCUT2D eigenvalue weighted by Crippen LogP contribution is 2.35. The molecule has 0 heterocycles. The zero-order chi connectivity index (χ0) is 10.1. The lowest BCUT2D eigenvalue weighted by Crippen LogP contribution is -2.47. The SMILES string of the molecule is CCC(C)(C)C(=O)NC1(CN)CC1. The summed E-state index contributed by atoms with van der Waals surface area (Å²) in [4.78, 5) is 11.7. The van der Waals surface area contributed by atoms with Gasteiger partial charge < -0.3 is 11.1 Å². The van der Waals surface area contributed by atoms with Crippen LogP contribution in [0, 0.1) is 5.41 Å². The number of hydrogen-bond donors (Lipinski definition) is 2. The summed E-state index contributed by atoms with van der Waals surface area (Å²) in [6.07, 6.45) is 2.93. The Kier molecular flexibility index (Phi) is 2.66. The lowest BCUT2D eigenvalue weighted by molar-refractivity contribution is -0.130. The fraction of sp³-hybridized carbons (Fsp3) is 0.900. The van der Waals surface area contributed by atoms with Crippen LogP contribution in [0.4, 0.5) is 0 Å². The quantitative estimate of drug-likeness (QED) is 0.685. The molecule has 3 nitrogen and oxygen atoms in total. The number of nitrogens with two attached hydrogens (primary N) is 1. The van der Waals surface area contributed by atoms with Crippen molar-refractivity contribution in [1.29, 1.82) is 0 Å². The van der Waals surface area contributed by atoms with Gasteiger partial charge in [0.15, 0.2) is 0 Å². The van der Waals surface area contributed by atoms with Crippen molar-refractivity contribution in [3.05, 3.63) is 0 Å². The second-order valence-corrected chi connectivity index (χ2v) is 4.68. The number of carbonyl (C=O) groups excluding carboxylic acids is 1. The molecule has 0 aliphatic heterocycles. The summed E-state index contributed by atoms with van der Waals surface area (Å²) < 4.78 is 0. The first-order valence-electron chi connectivity index (χ1n) is 4.98. The second kappa shape index (κ2) is 3.29. The largest absolute Gasteiger partial charge is 0.349 e. The van der Waals surface area contributed by atoms with E-state index >= 15 is 0 Å². The first-order valence-corrected chi connectivity index (χ1v) is 4.98. The predicted molar refractivity (Wildman–Crippen MR) is 53.2 cm³/mol. The van der Waals surface area contributed by atoms with E-state index in [2.05, 4.69) is 5.32 Å². The Morgan fingerprint density at radius 3 is 2.38 bits per heavy atom. The first-order chi connectivity index (χ1) is 5.96. The minimum absolute atomic E-state index is 0.0521. The molecular weight excluding hydrogens is 164 g/mol. The average molecular weight is 184 g/mol. The van der Waals surface area contributed by atoms with Gasteiger partial charge in [-0.15, -0.1) is 0 Å². The van der Waals surface area contributed by atoms with Gasteiger partial charge in [0.05, 0.1) is 5.54 Å². The Morgan fingerprint density at radius 2 is 2.08 bits per heavy atom. The molecule has 0 saturated heterocycles. The summed E-state index contributed by atoms with van der Waals surface area (Å²) >= 11 is 0. The van der Waals surface area contributed by atoms with Crippen LogP contribution >= 0.6 is 0 Å². The van der Waals surface area contributed by atoms with E-state index in [-0.39, 0.29) is 16.9 Å². The van der Waals surface area contributed by atoms with E-state index in [1.165, 1.54) is 0 Å². The molecule has 0 aromatic carbocycles. The van der Waals surface area contributed by atoms with E-state index in [1.54, 1.807) is 0 Å². The van der Waals surface area contributed by atoms with E-state index in [0.29, 0.717) is 6.54 Å². The molecule has 0 radical (unpaired) electrons. The van der Waals surface area contributed by atoms with Crippen molar-refractivity contribution >= 4 is 5.91 Å². The van der Waals surface area contributed by atoms with E-state index < -0.39 is 0 Å². The first kappa shape index (κ1) is 10.5. The molecule has 0 spiro atoms. The van der Waals surface area contributed by atoms with E-state index in [0.717, 1.165) is 19.3 Å². The van der Waals surface area contributed by atoms with E-state index in [4.69, 9.17) is 5.73 Å². The van der Waals surface area contributed by atoms with Gasteiger partial charge in [-0.25, -0.2) is 0 Å². The third kappa shape index (κ3) is 2.21. The molecule has 3 N–H and O–H groups in total. The maximum Gasteiger partial charge on any atom is 0.226 e. The van der Waals surface area contributed by atoms with Crippen LogP contribution in [-0.4, -0.2) is 18.0 Å². The minimum atomic E-state index is -0.259. The topological polar surface area (TPSA) is 55.1 Å². The number of nitrogens with one attached hydrogen (secondary N) is 1. The Hall–Kier alpha value is -0.570. The Balaban J connectivity index is 2.50. The lowest BCUT2D eigenvalue weighted by Gasteiger charge is -2.25. The molecule has 1 fully saturated rings. The van der Waals surface area contributed by atoms with Crippen molar-refractivity contribution in [2.45, 2.75) is 45.6 Å². The van der Waals surface area contributed by atoms with Gasteiger partial charge in [-0.1, -0.05) is 20.8 Å². The summed E-state index contributed by atoms with van der Waals surface area (Å²) in [6.45, 7) is 6.53. The maximum atomic E-state index is 11.7. The van der Waals surface area contributed by atoms with Gasteiger partial charge in [-0.2, -0.15) is 0 Å². The Labute approximate surface area is 80.1 Å². The molecule has 0 bridgehead atoms. The number of amides is 1. The molecule has 76 valence electrons.